The van der Waals surface area contributed by atoms with Gasteiger partial charge in [-0.05, 0) is 42.8 Å². The summed E-state index contributed by atoms with van der Waals surface area (Å²) in [6, 6.07) is 12.4. The highest BCUT2D eigenvalue weighted by Crippen LogP contribution is 2.29. The van der Waals surface area contributed by atoms with E-state index in [4.69, 9.17) is 4.43 Å². The molecular formula is C17H30OSi. The monoisotopic (exact) mass is 278 g/mol. The summed E-state index contributed by atoms with van der Waals surface area (Å²) in [4.78, 5) is 0. The maximum atomic E-state index is 6.58. The van der Waals surface area contributed by atoms with Gasteiger partial charge in [0.05, 0.1) is 0 Å². The highest BCUT2D eigenvalue weighted by Gasteiger charge is 2.33. The van der Waals surface area contributed by atoms with Gasteiger partial charge < -0.3 is 4.43 Å². The quantitative estimate of drug-likeness (QED) is 0.508. The Morgan fingerprint density at radius 1 is 1.00 bits per heavy atom. The van der Waals surface area contributed by atoms with E-state index in [1.807, 2.05) is 0 Å². The molecule has 0 aliphatic heterocycles. The minimum atomic E-state index is -1.58. The fourth-order valence-electron chi connectivity index (χ4n) is 2.58. The highest BCUT2D eigenvalue weighted by atomic mass is 28.4. The Balaban J connectivity index is 2.81. The van der Waals surface area contributed by atoms with Crippen molar-refractivity contribution in [3.8, 4) is 5.75 Å². The molecule has 0 aliphatic carbocycles. The van der Waals surface area contributed by atoms with Crippen molar-refractivity contribution in [3.63, 3.8) is 0 Å². The van der Waals surface area contributed by atoms with Crippen molar-refractivity contribution in [2.75, 3.05) is 0 Å². The van der Waals surface area contributed by atoms with Crippen LogP contribution in [0.2, 0.25) is 18.1 Å². The first-order chi connectivity index (χ1) is 9.15. The third kappa shape index (κ3) is 5.39. The summed E-state index contributed by atoms with van der Waals surface area (Å²) in [7, 11) is -1.58. The van der Waals surface area contributed by atoms with E-state index in [0.717, 1.165) is 5.75 Å². The lowest BCUT2D eigenvalue weighted by Gasteiger charge is -2.31. The molecule has 0 aromatic heterocycles. The summed E-state index contributed by atoms with van der Waals surface area (Å²) in [5.41, 5.74) is 1.29. The molecule has 0 bridgehead atoms. The third-order valence-electron chi connectivity index (χ3n) is 3.94. The second-order valence-corrected chi connectivity index (χ2v) is 9.94. The molecule has 0 aliphatic rings. The minimum Gasteiger partial charge on any atom is -0.543 e. The van der Waals surface area contributed by atoms with Gasteiger partial charge in [0.2, 0.25) is 0 Å². The Kier molecular flexibility index (Phi) is 7.22. The second kappa shape index (κ2) is 8.42. The van der Waals surface area contributed by atoms with Crippen LogP contribution in [0.25, 0.3) is 0 Å². The van der Waals surface area contributed by atoms with Crippen molar-refractivity contribution in [3.05, 3.63) is 29.8 Å². The van der Waals surface area contributed by atoms with Gasteiger partial charge >= 0.3 is 0 Å². The van der Waals surface area contributed by atoms with Crippen molar-refractivity contribution in [1.29, 1.82) is 0 Å². The molecule has 0 amide bonds. The number of rotatable bonds is 9. The number of benzene rings is 1. The van der Waals surface area contributed by atoms with Crippen LogP contribution in [0.4, 0.5) is 0 Å². The molecule has 1 aromatic rings. The fraction of sp³-hybridized carbons (Fsp3) is 0.647. The first kappa shape index (κ1) is 16.3. The molecule has 1 aromatic carbocycles. The Morgan fingerprint density at radius 2 is 1.63 bits per heavy atom. The van der Waals surface area contributed by atoms with Crippen LogP contribution in [0.15, 0.2) is 24.3 Å². The average Bonchev–Trinajstić information content (AvgIpc) is 2.42. The second-order valence-electron chi connectivity index (χ2n) is 5.66. The van der Waals surface area contributed by atoms with Crippen LogP contribution in [0, 0.1) is 6.92 Å². The van der Waals surface area contributed by atoms with E-state index < -0.39 is 8.32 Å². The van der Waals surface area contributed by atoms with Crippen LogP contribution in [0.5, 0.6) is 5.75 Å². The molecule has 0 atom stereocenters. The molecule has 0 spiro atoms. The van der Waals surface area contributed by atoms with E-state index in [0.29, 0.717) is 0 Å². The molecular weight excluding hydrogens is 248 g/mol. The molecule has 0 saturated carbocycles. The van der Waals surface area contributed by atoms with E-state index in [-0.39, 0.29) is 0 Å². The van der Waals surface area contributed by atoms with Crippen molar-refractivity contribution in [2.45, 2.75) is 71.5 Å². The molecule has 1 rings (SSSR count). The summed E-state index contributed by atoms with van der Waals surface area (Å²) in [5, 5.41) is 0. The van der Waals surface area contributed by atoms with Crippen molar-refractivity contribution < 1.29 is 4.43 Å². The van der Waals surface area contributed by atoms with Gasteiger partial charge in [0, 0.05) is 0 Å². The van der Waals surface area contributed by atoms with Gasteiger partial charge in [0.25, 0.3) is 8.32 Å². The molecule has 0 unspecified atom stereocenters. The van der Waals surface area contributed by atoms with E-state index in [1.165, 1.54) is 49.4 Å². The van der Waals surface area contributed by atoms with E-state index in [1.54, 1.807) is 0 Å². The van der Waals surface area contributed by atoms with Gasteiger partial charge in [-0.1, -0.05) is 58.6 Å². The van der Waals surface area contributed by atoms with Gasteiger partial charge in [-0.3, -0.25) is 0 Å². The van der Waals surface area contributed by atoms with Crippen LogP contribution in [-0.4, -0.2) is 8.32 Å². The standard InChI is InChI=1S/C17H30OSi/c1-5-8-13-19(7-3,14-9-6-2)18-17-12-10-11-16(4)15-17/h10-12,15H,5-9,13-14H2,1-4H3. The van der Waals surface area contributed by atoms with Gasteiger partial charge in [0.1, 0.15) is 5.75 Å². The predicted molar refractivity (Wildman–Crippen MR) is 87.5 cm³/mol. The van der Waals surface area contributed by atoms with Crippen LogP contribution >= 0.6 is 0 Å². The van der Waals surface area contributed by atoms with Crippen LogP contribution in [-0.2, 0) is 0 Å². The van der Waals surface area contributed by atoms with Crippen LogP contribution in [0.3, 0.4) is 0 Å². The molecule has 0 saturated heterocycles. The molecule has 0 fully saturated rings. The van der Waals surface area contributed by atoms with Crippen molar-refractivity contribution >= 4 is 8.32 Å². The van der Waals surface area contributed by atoms with Gasteiger partial charge in [-0.15, -0.1) is 0 Å². The normalized spacial score (nSPS) is 11.6. The third-order valence-corrected chi connectivity index (χ3v) is 8.43. The largest absolute Gasteiger partial charge is 0.543 e. The van der Waals surface area contributed by atoms with Crippen LogP contribution < -0.4 is 4.43 Å². The average molecular weight is 279 g/mol. The Hall–Kier alpha value is -0.763. The smallest absolute Gasteiger partial charge is 0.251 e. The predicted octanol–water partition coefficient (Wildman–Crippen LogP) is 5.94. The zero-order chi connectivity index (χ0) is 14.1. The SMILES string of the molecule is CCCC[Si](CC)(CCCC)Oc1cccc(C)c1. The molecule has 0 heterocycles. The Bertz CT molecular complexity index is 354. The highest BCUT2D eigenvalue weighted by molar-refractivity contribution is 6.74. The van der Waals surface area contributed by atoms with E-state index >= 15 is 0 Å². The summed E-state index contributed by atoms with van der Waals surface area (Å²) in [6.07, 6.45) is 5.18. The summed E-state index contributed by atoms with van der Waals surface area (Å²) >= 11 is 0. The number of unbranched alkanes of at least 4 members (excludes halogenated alkanes) is 2. The summed E-state index contributed by atoms with van der Waals surface area (Å²) < 4.78 is 6.58. The van der Waals surface area contributed by atoms with Crippen LogP contribution in [0.1, 0.15) is 52.0 Å². The Labute approximate surface area is 120 Å². The lowest BCUT2D eigenvalue weighted by atomic mass is 10.2. The molecule has 1 nitrogen and oxygen atoms in total. The molecule has 108 valence electrons. The number of hydrogen-bond acceptors (Lipinski definition) is 1. The number of hydrogen-bond donors (Lipinski definition) is 0. The topological polar surface area (TPSA) is 9.23 Å². The van der Waals surface area contributed by atoms with E-state index in [9.17, 15) is 0 Å². The lowest BCUT2D eigenvalue weighted by molar-refractivity contribution is 0.517. The maximum absolute atomic E-state index is 6.58. The number of aryl methyl sites for hydroxylation is 1. The lowest BCUT2D eigenvalue weighted by Crippen LogP contribution is -2.40. The van der Waals surface area contributed by atoms with Crippen molar-refractivity contribution in [2.24, 2.45) is 0 Å². The van der Waals surface area contributed by atoms with Gasteiger partial charge in [-0.25, -0.2) is 0 Å². The summed E-state index contributed by atoms with van der Waals surface area (Å²) in [5.74, 6) is 1.10. The molecule has 2 heteroatoms. The van der Waals surface area contributed by atoms with E-state index in [2.05, 4.69) is 52.0 Å². The minimum absolute atomic E-state index is 1.10. The zero-order valence-corrected chi connectivity index (χ0v) is 14.2. The first-order valence-corrected chi connectivity index (χ1v) is 10.4. The van der Waals surface area contributed by atoms with Gasteiger partial charge in [0.15, 0.2) is 0 Å². The maximum Gasteiger partial charge on any atom is 0.251 e. The summed E-state index contributed by atoms with van der Waals surface area (Å²) in [6.45, 7) is 9.02. The van der Waals surface area contributed by atoms with Crippen molar-refractivity contribution in [1.82, 2.24) is 0 Å². The van der Waals surface area contributed by atoms with Gasteiger partial charge in [-0.2, -0.15) is 0 Å². The molecule has 0 N–H and O–H groups in total. The fourth-order valence-corrected chi connectivity index (χ4v) is 6.51. The Morgan fingerprint density at radius 3 is 2.11 bits per heavy atom. The zero-order valence-electron chi connectivity index (χ0n) is 13.2. The molecule has 0 radical (unpaired) electrons. The molecule has 19 heavy (non-hydrogen) atoms. The first-order valence-electron chi connectivity index (χ1n) is 7.91.